The summed E-state index contributed by atoms with van der Waals surface area (Å²) >= 11 is 1.54. The van der Waals surface area contributed by atoms with Crippen molar-refractivity contribution in [3.8, 4) is 11.3 Å². The van der Waals surface area contributed by atoms with Crippen LogP contribution in [0.2, 0.25) is 0 Å². The molecule has 0 radical (unpaired) electrons. The molecular weight excluding hydrogens is 468 g/mol. The van der Waals surface area contributed by atoms with Gasteiger partial charge in [0.15, 0.2) is 0 Å². The molecule has 1 fully saturated rings. The molecule has 32 heavy (non-hydrogen) atoms. The Morgan fingerprint density at radius 1 is 0.938 bits per heavy atom. The minimum absolute atomic E-state index is 0.0482. The lowest BCUT2D eigenvalue weighted by atomic mass is 10.2. The van der Waals surface area contributed by atoms with Crippen molar-refractivity contribution >= 4 is 31.4 Å². The van der Waals surface area contributed by atoms with Gasteiger partial charge in [-0.25, -0.2) is 26.5 Å². The third kappa shape index (κ3) is 5.24. The molecule has 170 valence electrons. The van der Waals surface area contributed by atoms with Crippen LogP contribution in [0, 0.1) is 0 Å². The predicted octanol–water partition coefficient (Wildman–Crippen LogP) is 2.90. The molecule has 0 amide bonds. The molecule has 4 rings (SSSR count). The number of aromatic nitrogens is 2. The molecular formula is C21H24N4O4S3. The highest BCUT2D eigenvalue weighted by Gasteiger charge is 2.27. The van der Waals surface area contributed by atoms with E-state index in [1.165, 1.54) is 28.6 Å². The molecule has 3 heterocycles. The van der Waals surface area contributed by atoms with Gasteiger partial charge in [-0.2, -0.15) is 4.31 Å². The molecule has 2 aromatic heterocycles. The van der Waals surface area contributed by atoms with Gasteiger partial charge in [-0.1, -0.05) is 0 Å². The largest absolute Gasteiger partial charge is 0.265 e. The molecule has 8 nitrogen and oxygen atoms in total. The molecule has 11 heteroatoms. The normalized spacial score (nSPS) is 15.2. The minimum atomic E-state index is -3.72. The Kier molecular flexibility index (Phi) is 7.01. The highest BCUT2D eigenvalue weighted by atomic mass is 32.2. The van der Waals surface area contributed by atoms with Gasteiger partial charge in [-0.3, -0.25) is 4.98 Å². The molecule has 0 aliphatic carbocycles. The first-order chi connectivity index (χ1) is 15.4. The van der Waals surface area contributed by atoms with Gasteiger partial charge in [0.05, 0.1) is 20.5 Å². The van der Waals surface area contributed by atoms with Crippen molar-refractivity contribution in [3.63, 3.8) is 0 Å². The number of rotatable bonds is 9. The Morgan fingerprint density at radius 2 is 1.59 bits per heavy atom. The van der Waals surface area contributed by atoms with Crippen LogP contribution in [-0.4, -0.2) is 50.7 Å². The Balaban J connectivity index is 1.31. The summed E-state index contributed by atoms with van der Waals surface area (Å²) in [6.07, 6.45) is 6.40. The maximum Gasteiger partial charge on any atom is 0.243 e. The van der Waals surface area contributed by atoms with Gasteiger partial charge in [0, 0.05) is 49.4 Å². The van der Waals surface area contributed by atoms with Crippen LogP contribution >= 0.6 is 11.3 Å². The van der Waals surface area contributed by atoms with Crippen LogP contribution in [0.4, 0.5) is 0 Å². The zero-order chi connectivity index (χ0) is 22.6. The summed E-state index contributed by atoms with van der Waals surface area (Å²) in [5.74, 6) is 0. The van der Waals surface area contributed by atoms with Crippen LogP contribution < -0.4 is 4.72 Å². The van der Waals surface area contributed by atoms with Gasteiger partial charge in [0.25, 0.3) is 0 Å². The van der Waals surface area contributed by atoms with Crippen LogP contribution in [0.3, 0.4) is 0 Å². The summed E-state index contributed by atoms with van der Waals surface area (Å²) in [4.78, 5) is 8.76. The van der Waals surface area contributed by atoms with E-state index in [1.54, 1.807) is 23.7 Å². The monoisotopic (exact) mass is 492 g/mol. The maximum absolute atomic E-state index is 12.6. The van der Waals surface area contributed by atoms with Gasteiger partial charge in [-0.05, 0) is 55.7 Å². The van der Waals surface area contributed by atoms with Crippen molar-refractivity contribution in [3.05, 3.63) is 59.2 Å². The Bertz CT molecular complexity index is 1250. The van der Waals surface area contributed by atoms with Gasteiger partial charge in [0.1, 0.15) is 0 Å². The first-order valence-corrected chi connectivity index (χ1v) is 14.1. The number of nitrogens with one attached hydrogen (secondary N) is 1. The van der Waals surface area contributed by atoms with Crippen LogP contribution in [-0.2, 0) is 26.5 Å². The predicted molar refractivity (Wildman–Crippen MR) is 123 cm³/mol. The molecule has 1 aromatic carbocycles. The third-order valence-corrected chi connectivity index (χ3v) is 9.52. The van der Waals surface area contributed by atoms with Crippen LogP contribution in [0.15, 0.2) is 64.0 Å². The molecule has 0 atom stereocenters. The van der Waals surface area contributed by atoms with E-state index in [1.807, 2.05) is 17.5 Å². The van der Waals surface area contributed by atoms with E-state index in [2.05, 4.69) is 14.7 Å². The van der Waals surface area contributed by atoms with E-state index < -0.39 is 20.0 Å². The molecule has 3 aromatic rings. The van der Waals surface area contributed by atoms with Crippen molar-refractivity contribution in [1.29, 1.82) is 0 Å². The van der Waals surface area contributed by atoms with Crippen LogP contribution in [0.1, 0.15) is 24.3 Å². The molecule has 1 aliphatic heterocycles. The number of hydrogen-bond acceptors (Lipinski definition) is 7. The number of pyridine rings is 1. The lowest BCUT2D eigenvalue weighted by Gasteiger charge is -2.15. The average molecular weight is 493 g/mol. The lowest BCUT2D eigenvalue weighted by Crippen LogP contribution is -2.28. The van der Waals surface area contributed by atoms with Gasteiger partial charge in [-0.15, -0.1) is 11.3 Å². The van der Waals surface area contributed by atoms with E-state index in [9.17, 15) is 16.8 Å². The maximum atomic E-state index is 12.6. The number of thiazole rings is 1. The van der Waals surface area contributed by atoms with Crippen molar-refractivity contribution in [1.82, 2.24) is 19.0 Å². The van der Waals surface area contributed by atoms with E-state index in [0.29, 0.717) is 25.9 Å². The molecule has 0 bridgehead atoms. The highest BCUT2D eigenvalue weighted by molar-refractivity contribution is 7.89. The molecule has 1 aliphatic rings. The summed E-state index contributed by atoms with van der Waals surface area (Å²) in [7, 11) is -7.28. The minimum Gasteiger partial charge on any atom is -0.265 e. The number of nitrogens with zero attached hydrogens (tertiary/aromatic N) is 3. The second-order valence-corrected chi connectivity index (χ2v) is 12.1. The van der Waals surface area contributed by atoms with E-state index >= 15 is 0 Å². The molecule has 0 saturated carbocycles. The van der Waals surface area contributed by atoms with Gasteiger partial charge < -0.3 is 0 Å². The third-order valence-electron chi connectivity index (χ3n) is 5.22. The summed E-state index contributed by atoms with van der Waals surface area (Å²) in [6.45, 7) is 1.28. The van der Waals surface area contributed by atoms with Crippen LogP contribution in [0.25, 0.3) is 11.3 Å². The average Bonchev–Trinajstić information content (AvgIpc) is 3.50. The summed E-state index contributed by atoms with van der Waals surface area (Å²) in [5, 5.41) is 2.92. The smallest absolute Gasteiger partial charge is 0.243 e. The van der Waals surface area contributed by atoms with E-state index in [4.69, 9.17) is 0 Å². The lowest BCUT2D eigenvalue weighted by molar-refractivity contribution is 0.477. The van der Waals surface area contributed by atoms with E-state index in [0.717, 1.165) is 29.1 Å². The van der Waals surface area contributed by atoms with Crippen molar-refractivity contribution in [2.24, 2.45) is 0 Å². The van der Waals surface area contributed by atoms with Crippen LogP contribution in [0.5, 0.6) is 0 Å². The zero-order valence-electron chi connectivity index (χ0n) is 17.3. The molecule has 0 spiro atoms. The standard InChI is InChI=1S/C21H24N4O4S3/c26-31(27,18-5-7-19(8-6-18)32(28,29)25-14-1-2-15-25)23-11-3-4-21-24-20(16-30-21)17-9-12-22-13-10-17/h5-10,12-13,16,23H,1-4,11,14-15H2. The zero-order valence-corrected chi connectivity index (χ0v) is 19.8. The Hall–Kier alpha value is -2.18. The fourth-order valence-electron chi connectivity index (χ4n) is 3.48. The fraction of sp³-hybridized carbons (Fsp3) is 0.333. The quantitative estimate of drug-likeness (QED) is 0.460. The molecule has 0 unspecified atom stereocenters. The number of benzene rings is 1. The summed E-state index contributed by atoms with van der Waals surface area (Å²) < 4.78 is 54.3. The Morgan fingerprint density at radius 3 is 2.28 bits per heavy atom. The topological polar surface area (TPSA) is 109 Å². The second kappa shape index (κ2) is 9.75. The van der Waals surface area contributed by atoms with E-state index in [-0.39, 0.29) is 16.3 Å². The molecule has 1 N–H and O–H groups in total. The first-order valence-electron chi connectivity index (χ1n) is 10.3. The summed E-state index contributed by atoms with van der Waals surface area (Å²) in [5.41, 5.74) is 1.88. The number of aryl methyl sites for hydroxylation is 1. The fourth-order valence-corrected chi connectivity index (χ4v) is 6.92. The van der Waals surface area contributed by atoms with Gasteiger partial charge >= 0.3 is 0 Å². The van der Waals surface area contributed by atoms with Crippen molar-refractivity contribution < 1.29 is 16.8 Å². The number of sulfonamides is 2. The highest BCUT2D eigenvalue weighted by Crippen LogP contribution is 2.23. The van der Waals surface area contributed by atoms with Crippen molar-refractivity contribution in [2.75, 3.05) is 19.6 Å². The molecule has 1 saturated heterocycles. The number of hydrogen-bond donors (Lipinski definition) is 1. The summed E-state index contributed by atoms with van der Waals surface area (Å²) in [6, 6.07) is 9.19. The van der Waals surface area contributed by atoms with Gasteiger partial charge in [0.2, 0.25) is 20.0 Å². The van der Waals surface area contributed by atoms with Crippen molar-refractivity contribution in [2.45, 2.75) is 35.5 Å². The Labute approximate surface area is 192 Å². The first kappa shape index (κ1) is 23.0. The second-order valence-electron chi connectivity index (χ2n) is 7.45. The SMILES string of the molecule is O=S(=O)(NCCCc1nc(-c2ccncc2)cs1)c1ccc(S(=O)(=O)N2CCCC2)cc1.